The lowest BCUT2D eigenvalue weighted by Gasteiger charge is -2.16. The molecule has 0 aliphatic heterocycles. The van der Waals surface area contributed by atoms with Gasteiger partial charge in [-0.25, -0.2) is 13.1 Å². The molecule has 1 unspecified atom stereocenters. The third-order valence-corrected chi connectivity index (χ3v) is 4.64. The van der Waals surface area contributed by atoms with Gasteiger partial charge in [-0.3, -0.25) is 0 Å². The third kappa shape index (κ3) is 7.60. The minimum absolute atomic E-state index is 0.0250. The summed E-state index contributed by atoms with van der Waals surface area (Å²) in [6.07, 6.45) is 0.848. The topological polar surface area (TPSA) is 58.2 Å². The van der Waals surface area contributed by atoms with Crippen LogP contribution >= 0.6 is 0 Å². The van der Waals surface area contributed by atoms with Crippen LogP contribution in [0.15, 0.2) is 24.3 Å². The van der Waals surface area contributed by atoms with Gasteiger partial charge in [0.05, 0.1) is 5.75 Å². The van der Waals surface area contributed by atoms with Crippen LogP contribution in [0, 0.1) is 5.92 Å². The molecule has 0 spiro atoms. The highest BCUT2D eigenvalue weighted by Crippen LogP contribution is 2.10. The molecule has 0 aliphatic carbocycles. The molecular weight excluding hydrogens is 284 g/mol. The Hall–Kier alpha value is -0.910. The molecule has 4 nitrogen and oxygen atoms in total. The van der Waals surface area contributed by atoms with Gasteiger partial charge in [-0.1, -0.05) is 45.0 Å². The number of nitrogens with one attached hydrogen (secondary N) is 2. The molecule has 0 aliphatic rings. The van der Waals surface area contributed by atoms with Gasteiger partial charge in [0, 0.05) is 12.6 Å². The van der Waals surface area contributed by atoms with E-state index in [0.29, 0.717) is 5.92 Å². The average Bonchev–Trinajstić information content (AvgIpc) is 2.35. The summed E-state index contributed by atoms with van der Waals surface area (Å²) >= 11 is 0. The van der Waals surface area contributed by atoms with Crippen LogP contribution in [-0.4, -0.2) is 21.0 Å². The Labute approximate surface area is 129 Å². The number of sulfonamides is 1. The van der Waals surface area contributed by atoms with Gasteiger partial charge >= 0.3 is 0 Å². The predicted octanol–water partition coefficient (Wildman–Crippen LogP) is 2.65. The molecule has 0 radical (unpaired) electrons. The fourth-order valence-electron chi connectivity index (χ4n) is 2.35. The lowest BCUT2D eigenvalue weighted by molar-refractivity contribution is 0.482. The van der Waals surface area contributed by atoms with Crippen molar-refractivity contribution in [1.82, 2.24) is 10.0 Å². The first-order valence-corrected chi connectivity index (χ1v) is 9.26. The molecule has 0 heterocycles. The molecule has 1 aromatic carbocycles. The fourth-order valence-corrected chi connectivity index (χ4v) is 3.77. The first kappa shape index (κ1) is 18.1. The van der Waals surface area contributed by atoms with E-state index in [2.05, 4.69) is 30.8 Å². The highest BCUT2D eigenvalue weighted by atomic mass is 32.2. The molecule has 1 aromatic rings. The zero-order chi connectivity index (χ0) is 15.9. The van der Waals surface area contributed by atoms with Gasteiger partial charge in [0.2, 0.25) is 10.0 Å². The molecule has 0 amide bonds. The van der Waals surface area contributed by atoms with Crippen LogP contribution in [0.3, 0.4) is 0 Å². The number of hydrogen-bond acceptors (Lipinski definition) is 3. The Morgan fingerprint density at radius 2 is 1.62 bits per heavy atom. The Morgan fingerprint density at radius 1 is 1.05 bits per heavy atom. The largest absolute Gasteiger partial charge is 0.313 e. The number of hydrogen-bond donors (Lipinski definition) is 2. The summed E-state index contributed by atoms with van der Waals surface area (Å²) in [7, 11) is -3.27. The Bertz CT molecular complexity index is 510. The van der Waals surface area contributed by atoms with Crippen LogP contribution < -0.4 is 10.0 Å². The second-order valence-electron chi connectivity index (χ2n) is 6.00. The second kappa shape index (κ2) is 8.51. The minimum atomic E-state index is -3.27. The first-order chi connectivity index (χ1) is 9.82. The Morgan fingerprint density at radius 3 is 2.14 bits per heavy atom. The van der Waals surface area contributed by atoms with Crippen LogP contribution in [0.5, 0.6) is 0 Å². The minimum Gasteiger partial charge on any atom is -0.313 e. The number of benzene rings is 1. The second-order valence-corrected chi connectivity index (χ2v) is 7.76. The van der Waals surface area contributed by atoms with E-state index in [9.17, 15) is 8.42 Å². The van der Waals surface area contributed by atoms with E-state index < -0.39 is 10.0 Å². The van der Waals surface area contributed by atoms with Crippen molar-refractivity contribution in [2.24, 2.45) is 5.92 Å². The van der Waals surface area contributed by atoms with Crippen molar-refractivity contribution in [2.75, 3.05) is 6.54 Å². The normalized spacial score (nSPS) is 13.6. The SMILES string of the molecule is CCNCc1ccc(CS(=O)(=O)NC(C)CC(C)C)cc1. The van der Waals surface area contributed by atoms with Gasteiger partial charge in [-0.05, 0) is 36.9 Å². The van der Waals surface area contributed by atoms with Crippen LogP contribution in [0.1, 0.15) is 45.2 Å². The molecule has 0 saturated heterocycles. The molecule has 5 heteroatoms. The zero-order valence-electron chi connectivity index (χ0n) is 13.5. The summed E-state index contributed by atoms with van der Waals surface area (Å²) in [5.74, 6) is 0.518. The lowest BCUT2D eigenvalue weighted by atomic mass is 10.1. The quantitative estimate of drug-likeness (QED) is 0.737. The molecule has 1 rings (SSSR count). The van der Waals surface area contributed by atoms with Crippen LogP contribution in [0.4, 0.5) is 0 Å². The van der Waals surface area contributed by atoms with Gasteiger partial charge < -0.3 is 5.32 Å². The number of rotatable bonds is 9. The predicted molar refractivity (Wildman–Crippen MR) is 88.5 cm³/mol. The van der Waals surface area contributed by atoms with E-state index in [1.165, 1.54) is 5.56 Å². The molecule has 0 bridgehead atoms. The van der Waals surface area contributed by atoms with Gasteiger partial charge in [0.15, 0.2) is 0 Å². The Balaban J connectivity index is 2.58. The molecule has 0 aromatic heterocycles. The van der Waals surface area contributed by atoms with E-state index in [-0.39, 0.29) is 11.8 Å². The van der Waals surface area contributed by atoms with E-state index in [1.54, 1.807) is 0 Å². The summed E-state index contributed by atoms with van der Waals surface area (Å²) < 4.78 is 27.0. The highest BCUT2D eigenvalue weighted by molar-refractivity contribution is 7.88. The molecule has 0 saturated carbocycles. The van der Waals surface area contributed by atoms with Crippen molar-refractivity contribution in [3.63, 3.8) is 0 Å². The van der Waals surface area contributed by atoms with Gasteiger partial charge in [-0.2, -0.15) is 0 Å². The molecule has 0 fully saturated rings. The van der Waals surface area contributed by atoms with Crippen molar-refractivity contribution in [2.45, 2.75) is 52.5 Å². The maximum atomic E-state index is 12.1. The van der Waals surface area contributed by atoms with Gasteiger partial charge in [0.1, 0.15) is 0 Å². The first-order valence-electron chi connectivity index (χ1n) is 7.61. The van der Waals surface area contributed by atoms with Crippen molar-refractivity contribution in [3.05, 3.63) is 35.4 Å². The lowest BCUT2D eigenvalue weighted by Crippen LogP contribution is -2.34. The fraction of sp³-hybridized carbons (Fsp3) is 0.625. The standard InChI is InChI=1S/C16H28N2O2S/c1-5-17-11-15-6-8-16(9-7-15)12-21(19,20)18-14(4)10-13(2)3/h6-9,13-14,17-18H,5,10-12H2,1-4H3. The van der Waals surface area contributed by atoms with E-state index >= 15 is 0 Å². The van der Waals surface area contributed by atoms with Gasteiger partial charge in [-0.15, -0.1) is 0 Å². The third-order valence-electron chi connectivity index (χ3n) is 3.16. The highest BCUT2D eigenvalue weighted by Gasteiger charge is 2.16. The van der Waals surface area contributed by atoms with Crippen LogP contribution in [0.25, 0.3) is 0 Å². The summed E-state index contributed by atoms with van der Waals surface area (Å²) in [5, 5.41) is 3.25. The Kier molecular flexibility index (Phi) is 7.35. The molecule has 1 atom stereocenters. The smallest absolute Gasteiger partial charge is 0.216 e. The summed E-state index contributed by atoms with van der Waals surface area (Å²) in [4.78, 5) is 0. The molecule has 21 heavy (non-hydrogen) atoms. The maximum Gasteiger partial charge on any atom is 0.216 e. The summed E-state index contributed by atoms with van der Waals surface area (Å²) in [6.45, 7) is 9.89. The summed E-state index contributed by atoms with van der Waals surface area (Å²) in [5.41, 5.74) is 1.98. The zero-order valence-corrected chi connectivity index (χ0v) is 14.3. The molecular formula is C16H28N2O2S. The van der Waals surface area contributed by atoms with Crippen molar-refractivity contribution in [3.8, 4) is 0 Å². The summed E-state index contributed by atoms with van der Waals surface area (Å²) in [6, 6.07) is 7.71. The van der Waals surface area contributed by atoms with Crippen molar-refractivity contribution >= 4 is 10.0 Å². The van der Waals surface area contributed by atoms with Crippen molar-refractivity contribution in [1.29, 1.82) is 0 Å². The van der Waals surface area contributed by atoms with E-state index in [0.717, 1.165) is 25.1 Å². The monoisotopic (exact) mass is 312 g/mol. The maximum absolute atomic E-state index is 12.1. The molecule has 2 N–H and O–H groups in total. The van der Waals surface area contributed by atoms with Gasteiger partial charge in [0.25, 0.3) is 0 Å². The van der Waals surface area contributed by atoms with E-state index in [1.807, 2.05) is 31.2 Å². The van der Waals surface area contributed by atoms with Crippen LogP contribution in [-0.2, 0) is 22.3 Å². The average molecular weight is 312 g/mol. The van der Waals surface area contributed by atoms with Crippen LogP contribution in [0.2, 0.25) is 0 Å². The molecule has 120 valence electrons. The van der Waals surface area contributed by atoms with Crippen molar-refractivity contribution < 1.29 is 8.42 Å². The van der Waals surface area contributed by atoms with E-state index in [4.69, 9.17) is 0 Å².